The van der Waals surface area contributed by atoms with Crippen LogP contribution in [0.25, 0.3) is 20.8 Å². The highest BCUT2D eigenvalue weighted by Crippen LogP contribution is 2.45. The van der Waals surface area contributed by atoms with Gasteiger partial charge in [-0.15, -0.1) is 22.7 Å². The topological polar surface area (TPSA) is 42.1 Å². The van der Waals surface area contributed by atoms with Gasteiger partial charge in [0.15, 0.2) is 0 Å². The zero-order valence-corrected chi connectivity index (χ0v) is 16.4. The summed E-state index contributed by atoms with van der Waals surface area (Å²) >= 11 is 7.06. The van der Waals surface area contributed by atoms with Crippen LogP contribution in [0.3, 0.4) is 0 Å². The van der Waals surface area contributed by atoms with E-state index in [1.165, 1.54) is 40.0 Å². The highest BCUT2D eigenvalue weighted by atomic mass is 79.9. The molecule has 24 heavy (non-hydrogen) atoms. The summed E-state index contributed by atoms with van der Waals surface area (Å²) in [6, 6.07) is 7.11. The highest BCUT2D eigenvalue weighted by Gasteiger charge is 2.31. The molecule has 3 heterocycles. The van der Waals surface area contributed by atoms with Crippen LogP contribution in [0.15, 0.2) is 22.7 Å². The third-order valence-corrected chi connectivity index (χ3v) is 7.86. The van der Waals surface area contributed by atoms with Crippen LogP contribution in [0, 0.1) is 0 Å². The lowest BCUT2D eigenvalue weighted by Gasteiger charge is -2.39. The van der Waals surface area contributed by atoms with Gasteiger partial charge in [0.05, 0.1) is 15.2 Å². The Kier molecular flexibility index (Phi) is 3.70. The molecular formula is C18H18BrN3S2. The molecule has 2 aromatic heterocycles. The van der Waals surface area contributed by atoms with Crippen LogP contribution in [0.1, 0.15) is 29.7 Å². The molecule has 6 heteroatoms. The van der Waals surface area contributed by atoms with E-state index in [1.54, 1.807) is 22.7 Å². The van der Waals surface area contributed by atoms with E-state index in [0.717, 1.165) is 45.6 Å². The standard InChI is InChI=1S/C18H18BrN3S2/c19-10-4-5-14-13(8-10)21-18(24-14)16-12-6-7-22(11-2-1-3-11)9-15(12)23-17(16)20/h4-5,8,11H,1-3,6-7,9,20H2. The summed E-state index contributed by atoms with van der Waals surface area (Å²) in [7, 11) is 0. The zero-order chi connectivity index (χ0) is 16.3. The molecule has 3 nitrogen and oxygen atoms in total. The van der Waals surface area contributed by atoms with E-state index in [4.69, 9.17) is 10.7 Å². The van der Waals surface area contributed by atoms with Gasteiger partial charge in [-0.05, 0) is 43.0 Å². The van der Waals surface area contributed by atoms with Crippen LogP contribution >= 0.6 is 38.6 Å². The van der Waals surface area contributed by atoms with Crippen molar-refractivity contribution in [2.24, 2.45) is 0 Å². The highest BCUT2D eigenvalue weighted by molar-refractivity contribution is 9.10. The van der Waals surface area contributed by atoms with Crippen molar-refractivity contribution in [1.82, 2.24) is 9.88 Å². The Morgan fingerprint density at radius 1 is 1.25 bits per heavy atom. The summed E-state index contributed by atoms with van der Waals surface area (Å²) in [4.78, 5) is 8.98. The van der Waals surface area contributed by atoms with E-state index >= 15 is 0 Å². The molecule has 1 aromatic carbocycles. The summed E-state index contributed by atoms with van der Waals surface area (Å²) < 4.78 is 2.29. The average Bonchev–Trinajstić information content (AvgIpc) is 3.03. The van der Waals surface area contributed by atoms with E-state index in [1.807, 2.05) is 0 Å². The number of thiophene rings is 1. The Labute approximate surface area is 157 Å². The number of halogens is 1. The number of nitrogens with two attached hydrogens (primary N) is 1. The predicted octanol–water partition coefficient (Wildman–Crippen LogP) is 5.28. The number of benzene rings is 1. The number of aromatic nitrogens is 1. The van der Waals surface area contributed by atoms with Gasteiger partial charge in [-0.1, -0.05) is 22.4 Å². The van der Waals surface area contributed by atoms with Gasteiger partial charge in [-0.25, -0.2) is 4.98 Å². The number of anilines is 1. The molecule has 1 fully saturated rings. The van der Waals surface area contributed by atoms with E-state index in [9.17, 15) is 0 Å². The molecule has 3 aromatic rings. The molecule has 0 atom stereocenters. The van der Waals surface area contributed by atoms with Crippen molar-refractivity contribution in [3.05, 3.63) is 33.1 Å². The van der Waals surface area contributed by atoms with Crippen LogP contribution in [0.5, 0.6) is 0 Å². The second-order valence-corrected chi connectivity index (χ2v) is 9.76. The Hall–Kier alpha value is -0.950. The van der Waals surface area contributed by atoms with Crippen molar-refractivity contribution < 1.29 is 0 Å². The zero-order valence-electron chi connectivity index (χ0n) is 13.2. The lowest BCUT2D eigenvalue weighted by Crippen LogP contribution is -2.42. The van der Waals surface area contributed by atoms with Gasteiger partial charge in [0.25, 0.3) is 0 Å². The number of nitrogens with zero attached hydrogens (tertiary/aromatic N) is 2. The van der Waals surface area contributed by atoms with E-state index in [2.05, 4.69) is 39.0 Å². The predicted molar refractivity (Wildman–Crippen MR) is 107 cm³/mol. The molecule has 1 aliphatic carbocycles. The first-order valence-corrected chi connectivity index (χ1v) is 10.8. The number of fused-ring (bicyclic) bond motifs is 2. The first-order valence-electron chi connectivity index (χ1n) is 8.39. The molecule has 0 radical (unpaired) electrons. The largest absolute Gasteiger partial charge is 0.390 e. The number of hydrogen-bond acceptors (Lipinski definition) is 5. The summed E-state index contributed by atoms with van der Waals surface area (Å²) in [6.07, 6.45) is 5.24. The third kappa shape index (κ3) is 2.43. The van der Waals surface area contributed by atoms with Gasteiger partial charge in [-0.3, -0.25) is 4.90 Å². The van der Waals surface area contributed by atoms with Crippen molar-refractivity contribution >= 4 is 53.8 Å². The number of hydrogen-bond donors (Lipinski definition) is 1. The first-order chi connectivity index (χ1) is 11.7. The molecule has 2 aliphatic rings. The van der Waals surface area contributed by atoms with Gasteiger partial charge in [0.1, 0.15) is 5.01 Å². The van der Waals surface area contributed by atoms with Crippen LogP contribution in [0.2, 0.25) is 0 Å². The normalized spacial score (nSPS) is 18.7. The Balaban J connectivity index is 1.55. The molecular weight excluding hydrogens is 402 g/mol. The van der Waals surface area contributed by atoms with Gasteiger partial charge in [-0.2, -0.15) is 0 Å². The fourth-order valence-electron chi connectivity index (χ4n) is 3.75. The Morgan fingerprint density at radius 2 is 2.12 bits per heavy atom. The summed E-state index contributed by atoms with van der Waals surface area (Å²) in [5.41, 5.74) is 10.1. The van der Waals surface area contributed by atoms with E-state index in [-0.39, 0.29) is 0 Å². The fraction of sp³-hybridized carbons (Fsp3) is 0.389. The van der Waals surface area contributed by atoms with Crippen molar-refractivity contribution in [3.63, 3.8) is 0 Å². The molecule has 0 spiro atoms. The maximum Gasteiger partial charge on any atom is 0.127 e. The van der Waals surface area contributed by atoms with Crippen LogP contribution in [-0.4, -0.2) is 22.5 Å². The summed E-state index contributed by atoms with van der Waals surface area (Å²) in [6.45, 7) is 2.24. The van der Waals surface area contributed by atoms with Crippen molar-refractivity contribution in [3.8, 4) is 10.6 Å². The molecule has 0 bridgehead atoms. The summed E-state index contributed by atoms with van der Waals surface area (Å²) in [5.74, 6) is 0. The van der Waals surface area contributed by atoms with Gasteiger partial charge >= 0.3 is 0 Å². The molecule has 1 aliphatic heterocycles. The number of rotatable bonds is 2. The van der Waals surface area contributed by atoms with Crippen molar-refractivity contribution in [2.45, 2.75) is 38.3 Å². The van der Waals surface area contributed by atoms with Gasteiger partial charge in [0, 0.05) is 34.0 Å². The minimum absolute atomic E-state index is 0.810. The Morgan fingerprint density at radius 3 is 2.92 bits per heavy atom. The van der Waals surface area contributed by atoms with Crippen molar-refractivity contribution in [2.75, 3.05) is 12.3 Å². The smallest absolute Gasteiger partial charge is 0.127 e. The van der Waals surface area contributed by atoms with Crippen LogP contribution in [-0.2, 0) is 13.0 Å². The molecule has 1 saturated carbocycles. The SMILES string of the molecule is Nc1sc2c(c1-c1nc3cc(Br)ccc3s1)CCN(C1CCC1)C2. The molecule has 0 saturated heterocycles. The first kappa shape index (κ1) is 15.3. The molecule has 124 valence electrons. The van der Waals surface area contributed by atoms with Crippen molar-refractivity contribution in [1.29, 1.82) is 0 Å². The third-order valence-electron chi connectivity index (χ3n) is 5.27. The number of nitrogen functional groups attached to an aromatic ring is 1. The monoisotopic (exact) mass is 419 g/mol. The van der Waals surface area contributed by atoms with E-state index < -0.39 is 0 Å². The lowest BCUT2D eigenvalue weighted by atomic mass is 9.89. The molecule has 0 amide bonds. The lowest BCUT2D eigenvalue weighted by molar-refractivity contribution is 0.115. The van der Waals surface area contributed by atoms with E-state index in [0.29, 0.717) is 0 Å². The van der Waals surface area contributed by atoms with Gasteiger partial charge in [0.2, 0.25) is 0 Å². The quantitative estimate of drug-likeness (QED) is 0.613. The second-order valence-electron chi connectivity index (χ2n) is 6.68. The maximum atomic E-state index is 6.43. The van der Waals surface area contributed by atoms with Crippen LogP contribution in [0.4, 0.5) is 5.00 Å². The van der Waals surface area contributed by atoms with Crippen LogP contribution < -0.4 is 5.73 Å². The Bertz CT molecular complexity index is 926. The number of thiazole rings is 1. The maximum absolute atomic E-state index is 6.43. The molecule has 5 rings (SSSR count). The van der Waals surface area contributed by atoms with Gasteiger partial charge < -0.3 is 5.73 Å². The second kappa shape index (κ2) is 5.80. The molecule has 2 N–H and O–H groups in total. The fourth-order valence-corrected chi connectivity index (χ4v) is 6.34. The minimum Gasteiger partial charge on any atom is -0.390 e. The minimum atomic E-state index is 0.810. The summed E-state index contributed by atoms with van der Waals surface area (Å²) in [5, 5.41) is 2.02. The molecule has 0 unspecified atom stereocenters. The average molecular weight is 420 g/mol.